The predicted molar refractivity (Wildman–Crippen MR) is 297 cm³/mol. The molecule has 10 rings (SSSR count). The first-order chi connectivity index (χ1) is 34.2. The molecule has 10 aromatic rings. The summed E-state index contributed by atoms with van der Waals surface area (Å²) in [6.45, 7) is 0. The van der Waals surface area contributed by atoms with Gasteiger partial charge in [0, 0.05) is 0 Å². The summed E-state index contributed by atoms with van der Waals surface area (Å²) in [6.07, 6.45) is 0. The molecular formula is C60H52O4Si5. The van der Waals surface area contributed by atoms with E-state index >= 15 is 0 Å². The molecule has 0 radical (unpaired) electrons. The lowest BCUT2D eigenvalue weighted by molar-refractivity contribution is 0.334. The second kappa shape index (κ2) is 21.6. The Kier molecular flexibility index (Phi) is 14.4. The zero-order valence-corrected chi connectivity index (χ0v) is 43.5. The van der Waals surface area contributed by atoms with Gasteiger partial charge in [-0.15, -0.1) is 0 Å². The van der Waals surface area contributed by atoms with Gasteiger partial charge in [-0.05, 0) is 51.9 Å². The van der Waals surface area contributed by atoms with Crippen molar-refractivity contribution in [3.8, 4) is 0 Å². The van der Waals surface area contributed by atoms with E-state index in [1.807, 2.05) is 0 Å². The van der Waals surface area contributed by atoms with Crippen LogP contribution >= 0.6 is 0 Å². The monoisotopic (exact) mass is 976 g/mol. The second-order valence-electron chi connectivity index (χ2n) is 16.9. The van der Waals surface area contributed by atoms with Gasteiger partial charge in [-0.3, -0.25) is 0 Å². The van der Waals surface area contributed by atoms with E-state index in [0.717, 1.165) is 51.9 Å². The molecule has 0 aromatic heterocycles. The van der Waals surface area contributed by atoms with Crippen molar-refractivity contribution in [2.45, 2.75) is 0 Å². The molecule has 0 saturated heterocycles. The van der Waals surface area contributed by atoms with E-state index < -0.39 is 43.8 Å². The van der Waals surface area contributed by atoms with Gasteiger partial charge >= 0.3 is 25.7 Å². The molecule has 0 fully saturated rings. The normalized spacial score (nSPS) is 12.0. The fraction of sp³-hybridized carbons (Fsp3) is 0. The molecule has 4 nitrogen and oxygen atoms in total. The topological polar surface area (TPSA) is 36.9 Å². The fourth-order valence-electron chi connectivity index (χ4n) is 9.16. The van der Waals surface area contributed by atoms with Gasteiger partial charge in [0.25, 0.3) is 0 Å². The third-order valence-electron chi connectivity index (χ3n) is 12.5. The average Bonchev–Trinajstić information content (AvgIpc) is 3.45. The Morgan fingerprint density at radius 3 is 0.536 bits per heavy atom. The highest BCUT2D eigenvalue weighted by molar-refractivity contribution is 7.12. The van der Waals surface area contributed by atoms with Gasteiger partial charge in [-0.1, -0.05) is 303 Å². The zero-order valence-electron chi connectivity index (χ0n) is 38.2. The zero-order chi connectivity index (χ0) is 46.6. The number of hydrogen-bond acceptors (Lipinski definition) is 4. The Balaban J connectivity index is 1.31. The number of benzene rings is 10. The lowest BCUT2D eigenvalue weighted by Crippen LogP contribution is -2.82. The van der Waals surface area contributed by atoms with E-state index in [1.54, 1.807) is 0 Å². The van der Waals surface area contributed by atoms with Crippen LogP contribution in [-0.4, -0.2) is 43.8 Å². The van der Waals surface area contributed by atoms with Crippen molar-refractivity contribution in [2.75, 3.05) is 0 Å². The summed E-state index contributed by atoms with van der Waals surface area (Å²) >= 11 is 0. The van der Waals surface area contributed by atoms with E-state index in [4.69, 9.17) is 16.5 Å². The third kappa shape index (κ3) is 9.87. The Morgan fingerprint density at radius 1 is 0.188 bits per heavy atom. The van der Waals surface area contributed by atoms with Gasteiger partial charge in [-0.25, -0.2) is 0 Å². The van der Waals surface area contributed by atoms with E-state index in [2.05, 4.69) is 303 Å². The molecule has 0 aliphatic rings. The Labute approximate surface area is 412 Å². The Hall–Kier alpha value is -6.88. The molecule has 0 unspecified atom stereocenters. The van der Waals surface area contributed by atoms with Gasteiger partial charge in [0.15, 0.2) is 0 Å². The maximum atomic E-state index is 8.77. The molecule has 0 bridgehead atoms. The second-order valence-corrected chi connectivity index (χ2v) is 31.8. The smallest absolute Gasteiger partial charge is 0.390 e. The van der Waals surface area contributed by atoms with Crippen molar-refractivity contribution in [2.24, 2.45) is 0 Å². The van der Waals surface area contributed by atoms with E-state index in [9.17, 15) is 0 Å². The molecule has 0 atom stereocenters. The highest BCUT2D eigenvalue weighted by Gasteiger charge is 2.61. The van der Waals surface area contributed by atoms with E-state index in [-0.39, 0.29) is 0 Å². The first-order valence-electron chi connectivity index (χ1n) is 23.5. The van der Waals surface area contributed by atoms with E-state index in [1.165, 1.54) is 0 Å². The molecule has 0 N–H and O–H groups in total. The molecular weight excluding hydrogens is 925 g/mol. The minimum absolute atomic E-state index is 0.950. The third-order valence-corrected chi connectivity index (χ3v) is 32.1. The van der Waals surface area contributed by atoms with Crippen LogP contribution in [0.2, 0.25) is 0 Å². The largest absolute Gasteiger partial charge is 0.424 e. The van der Waals surface area contributed by atoms with Crippen molar-refractivity contribution < 1.29 is 16.5 Å². The molecule has 0 heterocycles. The van der Waals surface area contributed by atoms with Crippen molar-refractivity contribution in [1.82, 2.24) is 0 Å². The molecule has 0 amide bonds. The van der Waals surface area contributed by atoms with E-state index in [0.29, 0.717) is 0 Å². The SMILES string of the molecule is c1ccc([SiH](O[Si](O[Si](O[Si](O[SiH](c2ccccc2)c2ccccc2)(c2ccccc2)c2ccccc2)(c2ccccc2)c2ccccc2)(c2ccccc2)c2ccccc2)c2ccccc2)cc1. The van der Waals surface area contributed by atoms with Crippen LogP contribution in [0.5, 0.6) is 0 Å². The number of rotatable bonds is 18. The first-order valence-corrected chi connectivity index (χ1v) is 32.2. The molecule has 0 spiro atoms. The summed E-state index contributed by atoms with van der Waals surface area (Å²) in [7, 11) is -17.3. The molecule has 10 aromatic carbocycles. The van der Waals surface area contributed by atoms with Crippen LogP contribution in [0, 0.1) is 0 Å². The van der Waals surface area contributed by atoms with Gasteiger partial charge in [0.05, 0.1) is 0 Å². The van der Waals surface area contributed by atoms with Crippen molar-refractivity contribution in [3.05, 3.63) is 303 Å². The molecule has 0 saturated carbocycles. The standard InChI is InChI=1S/C60H52O4Si5/c1-11-31-51(32-12-1)65(52-33-13-2-14-34-52)61-67(55-39-19-5-20-40-55,56-41-21-6-22-42-56)63-69(59-47-27-9-28-48-59,60-49-29-10-30-50-60)64-68(57-43-23-7-24-44-57,58-45-25-8-26-46-58)62-66(53-35-15-3-16-36-53)54-37-17-4-18-38-54/h1-50,65-66H. The summed E-state index contributed by atoms with van der Waals surface area (Å²) < 4.78 is 34.2. The summed E-state index contributed by atoms with van der Waals surface area (Å²) in [4.78, 5) is 0. The maximum Gasteiger partial charge on any atom is 0.390 e. The summed E-state index contributed by atoms with van der Waals surface area (Å²) in [5, 5.41) is 10.5. The molecule has 336 valence electrons. The van der Waals surface area contributed by atoms with Crippen LogP contribution in [0.4, 0.5) is 0 Å². The van der Waals surface area contributed by atoms with Crippen LogP contribution in [0.15, 0.2) is 303 Å². The maximum absolute atomic E-state index is 8.77. The van der Waals surface area contributed by atoms with Gasteiger partial charge in [0.1, 0.15) is 0 Å². The summed E-state index contributed by atoms with van der Waals surface area (Å²) in [5.41, 5.74) is 0. The van der Waals surface area contributed by atoms with Crippen LogP contribution in [0.1, 0.15) is 0 Å². The lowest BCUT2D eigenvalue weighted by Gasteiger charge is -2.47. The molecule has 0 aliphatic heterocycles. The van der Waals surface area contributed by atoms with Crippen LogP contribution in [0.3, 0.4) is 0 Å². The molecule has 9 heteroatoms. The van der Waals surface area contributed by atoms with Crippen LogP contribution in [-0.2, 0) is 16.5 Å². The highest BCUT2D eigenvalue weighted by Crippen LogP contribution is 2.26. The summed E-state index contributed by atoms with van der Waals surface area (Å²) in [5.74, 6) is 0. The summed E-state index contributed by atoms with van der Waals surface area (Å²) in [6, 6.07) is 107. The van der Waals surface area contributed by atoms with Crippen molar-refractivity contribution in [1.29, 1.82) is 0 Å². The first kappa shape index (κ1) is 45.9. The average molecular weight is 978 g/mol. The predicted octanol–water partition coefficient (Wildman–Crippen LogP) is 5.90. The van der Waals surface area contributed by atoms with Gasteiger partial charge in [-0.2, -0.15) is 0 Å². The van der Waals surface area contributed by atoms with Gasteiger partial charge < -0.3 is 16.5 Å². The Bertz CT molecular complexity index is 2720. The molecule has 0 aliphatic carbocycles. The van der Waals surface area contributed by atoms with Crippen LogP contribution in [0.25, 0.3) is 0 Å². The van der Waals surface area contributed by atoms with Crippen LogP contribution < -0.4 is 51.9 Å². The molecule has 69 heavy (non-hydrogen) atoms. The quantitative estimate of drug-likeness (QED) is 0.101. The fourth-order valence-corrected chi connectivity index (χ4v) is 32.8. The minimum atomic E-state index is -4.17. The van der Waals surface area contributed by atoms with Gasteiger partial charge in [0.2, 0.25) is 18.1 Å². The van der Waals surface area contributed by atoms with Crippen molar-refractivity contribution >= 4 is 95.6 Å². The highest BCUT2D eigenvalue weighted by atomic mass is 28.5. The minimum Gasteiger partial charge on any atom is -0.424 e. The number of hydrogen-bond donors (Lipinski definition) is 0. The van der Waals surface area contributed by atoms with Crippen molar-refractivity contribution in [3.63, 3.8) is 0 Å². The Morgan fingerprint density at radius 2 is 0.348 bits per heavy atom. The lowest BCUT2D eigenvalue weighted by atomic mass is 10.4.